The van der Waals surface area contributed by atoms with Gasteiger partial charge in [0, 0.05) is 21.5 Å². The summed E-state index contributed by atoms with van der Waals surface area (Å²) in [6.07, 6.45) is 8.11. The van der Waals surface area contributed by atoms with Crippen LogP contribution in [0.5, 0.6) is 0 Å². The molecule has 33 heavy (non-hydrogen) atoms. The molecular weight excluding hydrogens is 402 g/mol. The number of para-hydroxylation sites is 4. The number of benzene rings is 4. The molecule has 0 N–H and O–H groups in total. The summed E-state index contributed by atoms with van der Waals surface area (Å²) in [6, 6.07) is 33.5. The predicted octanol–water partition coefficient (Wildman–Crippen LogP) is 7.30. The molecule has 0 aliphatic carbocycles. The molecule has 0 unspecified atom stereocenters. The van der Waals surface area contributed by atoms with Gasteiger partial charge in [-0.1, -0.05) is 72.8 Å². The molecule has 0 aliphatic heterocycles. The largest absolute Gasteiger partial charge is 0.294 e. The predicted molar refractivity (Wildman–Crippen MR) is 141 cm³/mol. The van der Waals surface area contributed by atoms with E-state index >= 15 is 0 Å². The number of nitrogens with zero attached hydrogens (tertiary/aromatic N) is 3. The molecule has 0 bridgehead atoms. The van der Waals surface area contributed by atoms with Crippen molar-refractivity contribution in [3.8, 4) is 12.3 Å². The Bertz CT molecular complexity index is 1680. The van der Waals surface area contributed by atoms with Crippen molar-refractivity contribution >= 4 is 55.3 Å². The van der Waals surface area contributed by atoms with E-state index in [1.165, 1.54) is 10.8 Å². The molecule has 0 radical (unpaired) electrons. The summed E-state index contributed by atoms with van der Waals surface area (Å²) in [5, 5.41) is 4.72. The highest BCUT2D eigenvalue weighted by Gasteiger charge is 2.16. The molecule has 6 rings (SSSR count). The average molecular weight is 424 g/mol. The average Bonchev–Trinajstić information content (AvgIpc) is 3.39. The van der Waals surface area contributed by atoms with Gasteiger partial charge < -0.3 is 0 Å². The Morgan fingerprint density at radius 3 is 1.36 bits per heavy atom. The molecule has 0 spiro atoms. The molecule has 2 heterocycles. The fraction of sp³-hybridized carbons (Fsp3) is 0.0333. The van der Waals surface area contributed by atoms with Crippen LogP contribution in [-0.2, 0) is 0 Å². The quantitative estimate of drug-likeness (QED) is 0.158. The Kier molecular flexibility index (Phi) is 4.38. The second kappa shape index (κ2) is 7.55. The Morgan fingerprint density at radius 2 is 1.00 bits per heavy atom. The number of fused-ring (bicyclic) bond motifs is 6. The van der Waals surface area contributed by atoms with Gasteiger partial charge in [-0.05, 0) is 43.2 Å². The molecule has 0 saturated heterocycles. The minimum atomic E-state index is 0.558. The van der Waals surface area contributed by atoms with E-state index < -0.39 is 0 Å². The van der Waals surface area contributed by atoms with Crippen LogP contribution in [0.4, 0.5) is 0 Å². The number of rotatable bonds is 2. The zero-order valence-corrected chi connectivity index (χ0v) is 18.2. The third-order valence-corrected chi connectivity index (χ3v) is 6.21. The molecule has 0 atom stereocenters. The number of terminal acetylenes is 1. The SMILES string of the molecule is C#C/C(=N\C(=C/C)n1c2ccccc2c2ccccc21)n1c2ccccc2c2ccccc21. The smallest absolute Gasteiger partial charge is 0.192 e. The highest BCUT2D eigenvalue weighted by molar-refractivity contribution is 6.18. The van der Waals surface area contributed by atoms with Gasteiger partial charge in [-0.2, -0.15) is 0 Å². The molecule has 0 aliphatic rings. The molecule has 6 aromatic rings. The minimum Gasteiger partial charge on any atom is -0.294 e. The Labute approximate surface area is 191 Å². The Hall–Kier alpha value is -4.55. The van der Waals surface area contributed by atoms with E-state index in [2.05, 4.69) is 100.0 Å². The summed E-state index contributed by atoms with van der Waals surface area (Å²) in [5.41, 5.74) is 4.31. The van der Waals surface area contributed by atoms with E-state index in [4.69, 9.17) is 11.4 Å². The van der Waals surface area contributed by atoms with Crippen molar-refractivity contribution in [1.29, 1.82) is 0 Å². The van der Waals surface area contributed by atoms with Gasteiger partial charge in [0.25, 0.3) is 0 Å². The van der Waals surface area contributed by atoms with Crippen molar-refractivity contribution in [2.24, 2.45) is 4.99 Å². The maximum atomic E-state index is 6.09. The standard InChI is InChI=1S/C30H21N3/c1-3-29(32-25-17-9-5-13-21(25)22-14-6-10-18-26(22)32)31-30(4-2)33-27-19-11-7-15-23(27)24-16-8-12-20-28(24)33/h1,4-20H,2H3/b30-4+,31-29+. The molecular formula is C30H21N3. The van der Waals surface area contributed by atoms with Crippen LogP contribution in [0.1, 0.15) is 6.92 Å². The summed E-state index contributed by atoms with van der Waals surface area (Å²) in [5.74, 6) is 4.22. The van der Waals surface area contributed by atoms with E-state index in [0.717, 1.165) is 38.7 Å². The fourth-order valence-electron chi connectivity index (χ4n) is 4.82. The van der Waals surface area contributed by atoms with Gasteiger partial charge in [0.2, 0.25) is 0 Å². The topological polar surface area (TPSA) is 22.2 Å². The molecule has 0 fully saturated rings. The first-order valence-electron chi connectivity index (χ1n) is 11.0. The van der Waals surface area contributed by atoms with Gasteiger partial charge in [-0.25, -0.2) is 4.99 Å². The summed E-state index contributed by atoms with van der Waals surface area (Å²) in [7, 11) is 0. The maximum absolute atomic E-state index is 6.09. The van der Waals surface area contributed by atoms with E-state index in [1.807, 2.05) is 25.1 Å². The number of aliphatic imine (C=N–C) groups is 1. The van der Waals surface area contributed by atoms with E-state index in [9.17, 15) is 0 Å². The number of aromatic nitrogens is 2. The van der Waals surface area contributed by atoms with Crippen LogP contribution in [0, 0.1) is 12.3 Å². The van der Waals surface area contributed by atoms with Crippen molar-refractivity contribution in [2.75, 3.05) is 0 Å². The summed E-state index contributed by atoms with van der Waals surface area (Å²) < 4.78 is 4.28. The first-order valence-corrected chi connectivity index (χ1v) is 11.0. The van der Waals surface area contributed by atoms with Crippen LogP contribution in [0.15, 0.2) is 108 Å². The monoisotopic (exact) mass is 423 g/mol. The first-order chi connectivity index (χ1) is 16.3. The van der Waals surface area contributed by atoms with Gasteiger partial charge in [0.15, 0.2) is 5.84 Å². The summed E-state index contributed by atoms with van der Waals surface area (Å²) in [4.78, 5) is 5.07. The van der Waals surface area contributed by atoms with Crippen molar-refractivity contribution in [1.82, 2.24) is 9.13 Å². The third kappa shape index (κ3) is 2.82. The van der Waals surface area contributed by atoms with Gasteiger partial charge >= 0.3 is 0 Å². The third-order valence-electron chi connectivity index (χ3n) is 6.21. The molecule has 2 aromatic heterocycles. The van der Waals surface area contributed by atoms with Crippen LogP contribution in [0.25, 0.3) is 49.4 Å². The lowest BCUT2D eigenvalue weighted by atomic mass is 10.2. The van der Waals surface area contributed by atoms with Crippen LogP contribution in [0.2, 0.25) is 0 Å². The second-order valence-electron chi connectivity index (χ2n) is 7.97. The van der Waals surface area contributed by atoms with Crippen molar-refractivity contribution in [2.45, 2.75) is 6.92 Å². The second-order valence-corrected chi connectivity index (χ2v) is 7.97. The molecule has 0 saturated carbocycles. The van der Waals surface area contributed by atoms with Crippen molar-refractivity contribution in [3.63, 3.8) is 0 Å². The van der Waals surface area contributed by atoms with Gasteiger partial charge in [-0.15, -0.1) is 6.42 Å². The molecule has 156 valence electrons. The molecule has 0 amide bonds. The maximum Gasteiger partial charge on any atom is 0.192 e. The van der Waals surface area contributed by atoms with Crippen molar-refractivity contribution < 1.29 is 0 Å². The lowest BCUT2D eigenvalue weighted by Crippen LogP contribution is -2.10. The summed E-state index contributed by atoms with van der Waals surface area (Å²) in [6.45, 7) is 2.00. The lowest BCUT2D eigenvalue weighted by Gasteiger charge is -2.11. The zero-order chi connectivity index (χ0) is 22.4. The first kappa shape index (κ1) is 19.2. The number of hydrogen-bond donors (Lipinski definition) is 0. The highest BCUT2D eigenvalue weighted by atomic mass is 15.2. The fourth-order valence-corrected chi connectivity index (χ4v) is 4.82. The van der Waals surface area contributed by atoms with Crippen molar-refractivity contribution in [3.05, 3.63) is 103 Å². The van der Waals surface area contributed by atoms with E-state index in [1.54, 1.807) is 0 Å². The van der Waals surface area contributed by atoms with Gasteiger partial charge in [0.1, 0.15) is 5.82 Å². The number of allylic oxidation sites excluding steroid dienone is 1. The normalized spacial score (nSPS) is 12.7. The molecule has 4 aromatic carbocycles. The Morgan fingerprint density at radius 1 is 0.636 bits per heavy atom. The van der Waals surface area contributed by atoms with E-state index in [0.29, 0.717) is 5.84 Å². The molecule has 3 nitrogen and oxygen atoms in total. The van der Waals surface area contributed by atoms with Gasteiger partial charge in [-0.3, -0.25) is 9.13 Å². The number of hydrogen-bond acceptors (Lipinski definition) is 1. The van der Waals surface area contributed by atoms with Crippen LogP contribution < -0.4 is 0 Å². The minimum absolute atomic E-state index is 0.558. The Balaban J connectivity index is 1.66. The lowest BCUT2D eigenvalue weighted by molar-refractivity contribution is 1.15. The van der Waals surface area contributed by atoms with Crippen LogP contribution in [0.3, 0.4) is 0 Å². The van der Waals surface area contributed by atoms with Crippen LogP contribution in [-0.4, -0.2) is 15.0 Å². The highest BCUT2D eigenvalue weighted by Crippen LogP contribution is 2.33. The van der Waals surface area contributed by atoms with Crippen LogP contribution >= 0.6 is 0 Å². The van der Waals surface area contributed by atoms with E-state index in [-0.39, 0.29) is 0 Å². The molecule has 3 heteroatoms. The zero-order valence-electron chi connectivity index (χ0n) is 18.2. The van der Waals surface area contributed by atoms with Gasteiger partial charge in [0.05, 0.1) is 22.1 Å². The summed E-state index contributed by atoms with van der Waals surface area (Å²) >= 11 is 0.